The molecule has 0 saturated heterocycles. The van der Waals surface area contributed by atoms with Crippen LogP contribution in [0.1, 0.15) is 52.9 Å². The average molecular weight is 305 g/mol. The molecule has 2 fully saturated rings. The van der Waals surface area contributed by atoms with E-state index in [1.54, 1.807) is 20.8 Å². The molecule has 2 aliphatic carbocycles. The summed E-state index contributed by atoms with van der Waals surface area (Å²) in [5.41, 5.74) is -2.98. The molecule has 120 valence electrons. The van der Waals surface area contributed by atoms with E-state index in [4.69, 9.17) is 4.74 Å². The standard InChI is InChI=1S/C14H21F2NO4/c1-11(2,3)21-10(20)17-14(9(18)19)8-12(14)4-6-13(15,16)7-5-12/h4-8H2,1-3H3,(H,17,20)(H,18,19). The number of carboxylic acids is 1. The van der Waals surface area contributed by atoms with Crippen molar-refractivity contribution in [3.63, 3.8) is 0 Å². The number of amides is 1. The molecule has 0 heterocycles. The van der Waals surface area contributed by atoms with Gasteiger partial charge in [0.15, 0.2) is 0 Å². The number of carbonyl (C=O) groups is 2. The van der Waals surface area contributed by atoms with Crippen molar-refractivity contribution in [1.82, 2.24) is 5.32 Å². The first-order valence-corrected chi connectivity index (χ1v) is 7.04. The van der Waals surface area contributed by atoms with Crippen molar-refractivity contribution >= 4 is 12.1 Å². The number of rotatable bonds is 2. The third kappa shape index (κ3) is 2.96. The second kappa shape index (κ2) is 4.55. The maximum Gasteiger partial charge on any atom is 0.408 e. The number of halogens is 2. The third-order valence-electron chi connectivity index (χ3n) is 4.40. The Bertz CT molecular complexity index is 462. The lowest BCUT2D eigenvalue weighted by atomic mass is 9.80. The molecule has 21 heavy (non-hydrogen) atoms. The fourth-order valence-corrected chi connectivity index (χ4v) is 3.17. The first kappa shape index (κ1) is 16.0. The number of ether oxygens (including phenoxy) is 1. The van der Waals surface area contributed by atoms with Crippen LogP contribution in [0.3, 0.4) is 0 Å². The van der Waals surface area contributed by atoms with Crippen LogP contribution in [0.25, 0.3) is 0 Å². The Hall–Kier alpha value is -1.40. The summed E-state index contributed by atoms with van der Waals surface area (Å²) in [4.78, 5) is 23.4. The Morgan fingerprint density at radius 3 is 2.10 bits per heavy atom. The maximum atomic E-state index is 13.3. The zero-order chi connectivity index (χ0) is 16.1. The van der Waals surface area contributed by atoms with E-state index in [1.807, 2.05) is 0 Å². The van der Waals surface area contributed by atoms with E-state index in [9.17, 15) is 23.5 Å². The van der Waals surface area contributed by atoms with E-state index < -0.39 is 34.5 Å². The van der Waals surface area contributed by atoms with Gasteiger partial charge in [-0.2, -0.15) is 0 Å². The van der Waals surface area contributed by atoms with Gasteiger partial charge in [0.1, 0.15) is 11.1 Å². The van der Waals surface area contributed by atoms with E-state index in [1.165, 1.54) is 0 Å². The SMILES string of the molecule is CC(C)(C)OC(=O)NC1(C(=O)O)CC12CCC(F)(F)CC2. The number of hydrogen-bond donors (Lipinski definition) is 2. The quantitative estimate of drug-likeness (QED) is 0.822. The van der Waals surface area contributed by atoms with Gasteiger partial charge in [0.05, 0.1) is 0 Å². The Morgan fingerprint density at radius 1 is 1.14 bits per heavy atom. The summed E-state index contributed by atoms with van der Waals surface area (Å²) >= 11 is 0. The molecule has 1 unspecified atom stereocenters. The smallest absolute Gasteiger partial charge is 0.408 e. The van der Waals surface area contributed by atoms with Gasteiger partial charge in [-0.3, -0.25) is 0 Å². The van der Waals surface area contributed by atoms with Crippen molar-refractivity contribution < 1.29 is 28.2 Å². The van der Waals surface area contributed by atoms with Crippen LogP contribution in [0.5, 0.6) is 0 Å². The highest BCUT2D eigenvalue weighted by molar-refractivity contribution is 5.89. The van der Waals surface area contributed by atoms with Crippen molar-refractivity contribution in [2.24, 2.45) is 5.41 Å². The molecule has 1 spiro atoms. The lowest BCUT2D eigenvalue weighted by molar-refractivity contribution is -0.143. The van der Waals surface area contributed by atoms with Gasteiger partial charge in [-0.1, -0.05) is 0 Å². The molecular formula is C14H21F2NO4. The fraction of sp³-hybridized carbons (Fsp3) is 0.857. The molecule has 0 aromatic carbocycles. The Kier molecular flexibility index (Phi) is 3.46. The van der Waals surface area contributed by atoms with Crippen molar-refractivity contribution in [3.05, 3.63) is 0 Å². The molecule has 7 heteroatoms. The van der Waals surface area contributed by atoms with Gasteiger partial charge in [0.25, 0.3) is 0 Å². The van der Waals surface area contributed by atoms with Crippen molar-refractivity contribution in [2.45, 2.75) is 69.9 Å². The molecule has 2 saturated carbocycles. The molecule has 0 aromatic rings. The Labute approximate surface area is 122 Å². The largest absolute Gasteiger partial charge is 0.479 e. The summed E-state index contributed by atoms with van der Waals surface area (Å²) in [6.07, 6.45) is -1.11. The minimum atomic E-state index is -2.73. The predicted molar refractivity (Wildman–Crippen MR) is 70.2 cm³/mol. The zero-order valence-corrected chi connectivity index (χ0v) is 12.5. The lowest BCUT2D eigenvalue weighted by Crippen LogP contribution is -2.50. The van der Waals surface area contributed by atoms with Crippen molar-refractivity contribution in [2.75, 3.05) is 0 Å². The second-order valence-corrected chi connectivity index (χ2v) is 7.15. The third-order valence-corrected chi connectivity index (χ3v) is 4.40. The van der Waals surface area contributed by atoms with E-state index in [0.717, 1.165) is 0 Å². The fourth-order valence-electron chi connectivity index (χ4n) is 3.17. The summed E-state index contributed by atoms with van der Waals surface area (Å²) < 4.78 is 31.6. The summed E-state index contributed by atoms with van der Waals surface area (Å²) in [6.45, 7) is 5.01. The first-order chi connectivity index (χ1) is 9.42. The Balaban J connectivity index is 2.08. The highest BCUT2D eigenvalue weighted by Gasteiger charge is 2.74. The molecule has 0 radical (unpaired) electrons. The van der Waals surface area contributed by atoms with Crippen LogP contribution in [0.2, 0.25) is 0 Å². The summed E-state index contributed by atoms with van der Waals surface area (Å²) in [5, 5.41) is 11.8. The molecule has 2 N–H and O–H groups in total. The Morgan fingerprint density at radius 2 is 1.67 bits per heavy atom. The van der Waals surface area contributed by atoms with Gasteiger partial charge in [0, 0.05) is 18.3 Å². The number of alkyl halides is 2. The number of carbonyl (C=O) groups excluding carboxylic acids is 1. The molecule has 5 nitrogen and oxygen atoms in total. The number of hydrogen-bond acceptors (Lipinski definition) is 3. The van der Waals surface area contributed by atoms with Gasteiger partial charge < -0.3 is 15.2 Å². The van der Waals surface area contributed by atoms with Gasteiger partial charge >= 0.3 is 12.1 Å². The second-order valence-electron chi connectivity index (χ2n) is 7.15. The molecule has 0 aliphatic heterocycles. The van der Waals surface area contributed by atoms with E-state index in [2.05, 4.69) is 5.32 Å². The van der Waals surface area contributed by atoms with Gasteiger partial charge in [-0.15, -0.1) is 0 Å². The van der Waals surface area contributed by atoms with Gasteiger partial charge in [0.2, 0.25) is 5.92 Å². The monoisotopic (exact) mass is 305 g/mol. The predicted octanol–water partition coefficient (Wildman–Crippen LogP) is 2.93. The van der Waals surface area contributed by atoms with E-state index in [0.29, 0.717) is 0 Å². The normalized spacial score (nSPS) is 29.8. The number of carboxylic acid groups (broad SMARTS) is 1. The topological polar surface area (TPSA) is 75.6 Å². The number of nitrogens with one attached hydrogen (secondary N) is 1. The number of aliphatic carboxylic acids is 1. The van der Waals surface area contributed by atoms with Gasteiger partial charge in [-0.25, -0.2) is 18.4 Å². The first-order valence-electron chi connectivity index (χ1n) is 7.04. The summed E-state index contributed by atoms with van der Waals surface area (Å²) in [7, 11) is 0. The maximum absolute atomic E-state index is 13.3. The zero-order valence-electron chi connectivity index (χ0n) is 12.5. The molecule has 2 rings (SSSR count). The van der Waals surface area contributed by atoms with Crippen molar-refractivity contribution in [3.8, 4) is 0 Å². The average Bonchev–Trinajstić information content (AvgIpc) is 2.90. The highest BCUT2D eigenvalue weighted by atomic mass is 19.3. The molecule has 1 amide bonds. The van der Waals surface area contributed by atoms with Crippen LogP contribution >= 0.6 is 0 Å². The summed E-state index contributed by atoms with van der Waals surface area (Å²) in [6, 6.07) is 0. The molecule has 1 atom stereocenters. The lowest BCUT2D eigenvalue weighted by Gasteiger charge is -2.32. The van der Waals surface area contributed by atoms with E-state index in [-0.39, 0.29) is 32.1 Å². The molecule has 2 aliphatic rings. The van der Waals surface area contributed by atoms with Crippen LogP contribution in [0.15, 0.2) is 0 Å². The summed E-state index contributed by atoms with van der Waals surface area (Å²) in [5.74, 6) is -3.91. The molecule has 0 aromatic heterocycles. The van der Waals surface area contributed by atoms with Crippen LogP contribution in [-0.4, -0.2) is 34.2 Å². The van der Waals surface area contributed by atoms with Crippen LogP contribution in [0, 0.1) is 5.41 Å². The van der Waals surface area contributed by atoms with E-state index >= 15 is 0 Å². The minimum absolute atomic E-state index is 0.0993. The minimum Gasteiger partial charge on any atom is -0.479 e. The van der Waals surface area contributed by atoms with Crippen molar-refractivity contribution in [1.29, 1.82) is 0 Å². The highest BCUT2D eigenvalue weighted by Crippen LogP contribution is 2.66. The van der Waals surface area contributed by atoms with Crippen LogP contribution in [-0.2, 0) is 9.53 Å². The number of alkyl carbamates (subject to hydrolysis) is 1. The van der Waals surface area contributed by atoms with Crippen LogP contribution in [0.4, 0.5) is 13.6 Å². The molecular weight excluding hydrogens is 284 g/mol. The van der Waals surface area contributed by atoms with Gasteiger partial charge in [-0.05, 0) is 40.0 Å². The van der Waals surface area contributed by atoms with Crippen LogP contribution < -0.4 is 5.32 Å². The molecule has 0 bridgehead atoms.